The summed E-state index contributed by atoms with van der Waals surface area (Å²) in [5.74, 6) is 0.124. The average Bonchev–Trinajstić information content (AvgIpc) is 3.27. The van der Waals surface area contributed by atoms with E-state index in [9.17, 15) is 19.1 Å². The van der Waals surface area contributed by atoms with Gasteiger partial charge in [-0.15, -0.1) is 0 Å². The number of halogens is 1. The monoisotopic (exact) mass is 454 g/mol. The highest BCUT2D eigenvalue weighted by molar-refractivity contribution is 5.92. The van der Waals surface area contributed by atoms with Gasteiger partial charge in [-0.05, 0) is 48.4 Å². The van der Waals surface area contributed by atoms with Crippen LogP contribution in [0.4, 0.5) is 9.18 Å². The highest BCUT2D eigenvalue weighted by Crippen LogP contribution is 2.58. The number of carbonyl (C=O) groups is 2. The van der Waals surface area contributed by atoms with Crippen LogP contribution in [0.2, 0.25) is 0 Å². The zero-order chi connectivity index (χ0) is 24.0. The number of hydrogen-bond acceptors (Lipinski definition) is 3. The Hall–Kier alpha value is -3.09. The Bertz CT molecular complexity index is 1060. The van der Waals surface area contributed by atoms with E-state index in [1.807, 2.05) is 32.9 Å². The Balaban J connectivity index is 1.69. The van der Waals surface area contributed by atoms with Crippen LogP contribution in [-0.2, 0) is 16.9 Å². The molecule has 0 radical (unpaired) electrons. The van der Waals surface area contributed by atoms with Crippen molar-refractivity contribution in [1.82, 2.24) is 9.80 Å². The first-order valence-corrected chi connectivity index (χ1v) is 11.3. The Morgan fingerprint density at radius 2 is 1.76 bits per heavy atom. The fourth-order valence-electron chi connectivity index (χ4n) is 5.70. The molecule has 176 valence electrons. The molecular formula is C26H31FN2O4. The lowest BCUT2D eigenvalue weighted by molar-refractivity contribution is -0.138. The molecule has 2 aliphatic rings. The number of ether oxygens (including phenoxy) is 1. The number of hydrogen-bond donors (Lipinski definition) is 1. The molecule has 1 N–H and O–H groups in total. The van der Waals surface area contributed by atoms with Gasteiger partial charge in [0.25, 0.3) is 0 Å². The predicted molar refractivity (Wildman–Crippen MR) is 122 cm³/mol. The summed E-state index contributed by atoms with van der Waals surface area (Å²) in [5, 5.41) is 10.4. The van der Waals surface area contributed by atoms with Gasteiger partial charge >= 0.3 is 6.09 Å². The Kier molecular flexibility index (Phi) is 5.63. The van der Waals surface area contributed by atoms with Crippen molar-refractivity contribution in [1.29, 1.82) is 0 Å². The van der Waals surface area contributed by atoms with Crippen molar-refractivity contribution < 1.29 is 23.8 Å². The van der Waals surface area contributed by atoms with Crippen molar-refractivity contribution in [2.45, 2.75) is 57.7 Å². The molecule has 2 amide bonds. The summed E-state index contributed by atoms with van der Waals surface area (Å²) >= 11 is 0. The molecule has 2 atom stereocenters. The smallest absolute Gasteiger partial charge is 0.408 e. The fraction of sp³-hybridized carbons (Fsp3) is 0.462. The van der Waals surface area contributed by atoms with Gasteiger partial charge in [0.05, 0.1) is 5.54 Å². The molecule has 2 fully saturated rings. The number of likely N-dealkylation sites (tertiary alicyclic amines) is 2. The van der Waals surface area contributed by atoms with Crippen LogP contribution in [0.3, 0.4) is 0 Å². The lowest BCUT2D eigenvalue weighted by Gasteiger charge is -2.50. The molecule has 2 aromatic carbocycles. The third-order valence-corrected chi connectivity index (χ3v) is 7.43. The first-order chi connectivity index (χ1) is 15.5. The molecule has 0 saturated carbocycles. The van der Waals surface area contributed by atoms with Crippen LogP contribution in [0.25, 0.3) is 0 Å². The van der Waals surface area contributed by atoms with Crippen LogP contribution >= 0.6 is 0 Å². The van der Waals surface area contributed by atoms with Gasteiger partial charge < -0.3 is 14.7 Å². The average molecular weight is 455 g/mol. The molecule has 1 spiro atoms. The van der Waals surface area contributed by atoms with Crippen molar-refractivity contribution in [2.75, 3.05) is 13.6 Å². The number of nitrogens with zero attached hydrogens (tertiary/aromatic N) is 2. The molecule has 2 heterocycles. The summed E-state index contributed by atoms with van der Waals surface area (Å²) in [5.41, 5.74) is -1.08. The molecule has 0 bridgehead atoms. The van der Waals surface area contributed by atoms with Gasteiger partial charge in [0.2, 0.25) is 5.91 Å². The fourth-order valence-corrected chi connectivity index (χ4v) is 5.70. The molecule has 7 heteroatoms. The number of rotatable bonds is 4. The molecule has 4 rings (SSSR count). The van der Waals surface area contributed by atoms with Crippen molar-refractivity contribution in [3.8, 4) is 5.75 Å². The molecule has 2 aliphatic heterocycles. The largest absolute Gasteiger partial charge is 0.489 e. The molecular weight excluding hydrogens is 423 g/mol. The van der Waals surface area contributed by atoms with Gasteiger partial charge in [-0.2, -0.15) is 0 Å². The van der Waals surface area contributed by atoms with E-state index < -0.39 is 22.6 Å². The van der Waals surface area contributed by atoms with Crippen molar-refractivity contribution >= 4 is 12.0 Å². The standard InChI is InChI=1S/C26H31FN2O4/c1-24(2,3)26(14-13-25(29(26)23(31)32)15-16-28(4)22(25)30)19-9-11-20(12-10-19)33-17-18-7-5-6-8-21(18)27/h5-12H,13-17H2,1-4H3,(H,31,32)/t25-,26+/m1/s1. The van der Waals surface area contributed by atoms with Crippen LogP contribution < -0.4 is 4.74 Å². The zero-order valence-corrected chi connectivity index (χ0v) is 19.6. The molecule has 0 unspecified atom stereocenters. The minimum Gasteiger partial charge on any atom is -0.489 e. The van der Waals surface area contributed by atoms with E-state index in [0.717, 1.165) is 5.56 Å². The minimum absolute atomic E-state index is 0.0988. The van der Waals surface area contributed by atoms with Gasteiger partial charge in [-0.25, -0.2) is 9.18 Å². The Morgan fingerprint density at radius 3 is 2.30 bits per heavy atom. The maximum atomic E-state index is 13.9. The number of amides is 2. The van der Waals surface area contributed by atoms with Crippen molar-refractivity contribution in [2.24, 2.45) is 5.41 Å². The van der Waals surface area contributed by atoms with Crippen LogP contribution in [0.5, 0.6) is 5.75 Å². The lowest BCUT2D eigenvalue weighted by Crippen LogP contribution is -2.62. The van der Waals surface area contributed by atoms with E-state index >= 15 is 0 Å². The quantitative estimate of drug-likeness (QED) is 0.704. The molecule has 6 nitrogen and oxygen atoms in total. The van der Waals surface area contributed by atoms with Crippen molar-refractivity contribution in [3.63, 3.8) is 0 Å². The molecule has 2 aromatic rings. The van der Waals surface area contributed by atoms with Gasteiger partial charge in [0.15, 0.2) is 0 Å². The second-order valence-electron chi connectivity index (χ2n) is 10.1. The first-order valence-electron chi connectivity index (χ1n) is 11.3. The number of carbonyl (C=O) groups excluding carboxylic acids is 1. The highest BCUT2D eigenvalue weighted by Gasteiger charge is 2.67. The van der Waals surface area contributed by atoms with E-state index in [-0.39, 0.29) is 18.3 Å². The van der Waals surface area contributed by atoms with E-state index in [0.29, 0.717) is 37.1 Å². The predicted octanol–water partition coefficient (Wildman–Crippen LogP) is 5.02. The van der Waals surface area contributed by atoms with Gasteiger partial charge in [0, 0.05) is 19.2 Å². The summed E-state index contributed by atoms with van der Waals surface area (Å²) < 4.78 is 19.7. The summed E-state index contributed by atoms with van der Waals surface area (Å²) in [6, 6.07) is 13.8. The topological polar surface area (TPSA) is 70.1 Å². The zero-order valence-electron chi connectivity index (χ0n) is 19.6. The maximum Gasteiger partial charge on any atom is 0.408 e. The van der Waals surface area contributed by atoms with Crippen LogP contribution in [-0.4, -0.2) is 46.0 Å². The summed E-state index contributed by atoms with van der Waals surface area (Å²) in [6.07, 6.45) is 0.463. The third kappa shape index (κ3) is 3.54. The minimum atomic E-state index is -1.08. The van der Waals surface area contributed by atoms with Crippen LogP contribution in [0.15, 0.2) is 48.5 Å². The van der Waals surface area contributed by atoms with Crippen LogP contribution in [0, 0.1) is 11.2 Å². The number of carboxylic acid groups (broad SMARTS) is 1. The Labute approximate surface area is 194 Å². The maximum absolute atomic E-state index is 13.9. The summed E-state index contributed by atoms with van der Waals surface area (Å²) in [4.78, 5) is 28.9. The molecule has 33 heavy (non-hydrogen) atoms. The lowest BCUT2D eigenvalue weighted by atomic mass is 9.67. The number of benzene rings is 2. The summed E-state index contributed by atoms with van der Waals surface area (Å²) in [7, 11) is 1.73. The highest BCUT2D eigenvalue weighted by atomic mass is 19.1. The van der Waals surface area contributed by atoms with E-state index in [1.54, 1.807) is 42.3 Å². The van der Waals surface area contributed by atoms with Gasteiger partial charge in [-0.1, -0.05) is 51.1 Å². The van der Waals surface area contributed by atoms with Crippen LogP contribution in [0.1, 0.15) is 51.2 Å². The summed E-state index contributed by atoms with van der Waals surface area (Å²) in [6.45, 7) is 6.71. The second kappa shape index (κ2) is 8.04. The van der Waals surface area contributed by atoms with Gasteiger partial charge in [-0.3, -0.25) is 9.69 Å². The SMILES string of the molecule is CN1CC[C@]2(CC[C@](c3ccc(OCc4ccccc4F)cc3)(C(C)(C)C)N2C(=O)O)C1=O. The molecule has 0 aromatic heterocycles. The van der Waals surface area contributed by atoms with Gasteiger partial charge in [0.1, 0.15) is 23.7 Å². The third-order valence-electron chi connectivity index (χ3n) is 7.43. The van der Waals surface area contributed by atoms with Crippen molar-refractivity contribution in [3.05, 3.63) is 65.5 Å². The van der Waals surface area contributed by atoms with E-state index in [1.165, 1.54) is 11.0 Å². The first kappa shape index (κ1) is 23.1. The van der Waals surface area contributed by atoms with E-state index in [4.69, 9.17) is 4.74 Å². The number of likely N-dealkylation sites (N-methyl/N-ethyl adjacent to an activating group) is 1. The van der Waals surface area contributed by atoms with E-state index in [2.05, 4.69) is 0 Å². The molecule has 2 saturated heterocycles. The normalized spacial score (nSPS) is 25.2. The Morgan fingerprint density at radius 1 is 1.09 bits per heavy atom. The second-order valence-corrected chi connectivity index (χ2v) is 10.1. The molecule has 0 aliphatic carbocycles.